The van der Waals surface area contributed by atoms with E-state index in [1.54, 1.807) is 30.4 Å². The molecule has 1 unspecified atom stereocenters. The van der Waals surface area contributed by atoms with Gasteiger partial charge in [-0.25, -0.2) is 0 Å². The number of hydrogen-bond acceptors (Lipinski definition) is 5. The number of fused-ring (bicyclic) bond motifs is 1. The summed E-state index contributed by atoms with van der Waals surface area (Å²) in [6.07, 6.45) is 0.897. The summed E-state index contributed by atoms with van der Waals surface area (Å²) in [6.45, 7) is 2.71. The first kappa shape index (κ1) is 19.3. The molecular weight excluding hydrogens is 386 g/mol. The van der Waals surface area contributed by atoms with E-state index in [2.05, 4.69) is 33.8 Å². The van der Waals surface area contributed by atoms with Gasteiger partial charge < -0.3 is 5.32 Å². The number of amides is 1. The van der Waals surface area contributed by atoms with Crippen molar-refractivity contribution in [3.05, 3.63) is 91.7 Å². The van der Waals surface area contributed by atoms with Gasteiger partial charge in [0.05, 0.1) is 17.5 Å². The Hall–Kier alpha value is -3.03. The molecule has 0 fully saturated rings. The van der Waals surface area contributed by atoms with Crippen molar-refractivity contribution in [3.63, 3.8) is 0 Å². The summed E-state index contributed by atoms with van der Waals surface area (Å²) in [7, 11) is 0. The quantitative estimate of drug-likeness (QED) is 0.497. The molecule has 0 bridgehead atoms. The van der Waals surface area contributed by atoms with E-state index in [9.17, 15) is 14.9 Å². The molecule has 1 atom stereocenters. The summed E-state index contributed by atoms with van der Waals surface area (Å²) in [5, 5.41) is 16.2. The summed E-state index contributed by atoms with van der Waals surface area (Å²) in [6, 6.07) is 17.1. The molecule has 2 heterocycles. The Morgan fingerprint density at radius 2 is 2.03 bits per heavy atom. The predicted octanol–water partition coefficient (Wildman–Crippen LogP) is 4.55. The average Bonchev–Trinajstić information content (AvgIpc) is 3.18. The molecular formula is C22H21N3O3S. The highest BCUT2D eigenvalue weighted by Gasteiger charge is 2.31. The van der Waals surface area contributed by atoms with Crippen LogP contribution in [0.5, 0.6) is 0 Å². The molecule has 148 valence electrons. The third-order valence-electron chi connectivity index (χ3n) is 5.15. The summed E-state index contributed by atoms with van der Waals surface area (Å²) in [5.74, 6) is -0.253. The molecule has 3 aromatic rings. The van der Waals surface area contributed by atoms with Crippen LogP contribution in [0, 0.1) is 17.0 Å². The van der Waals surface area contributed by atoms with Crippen molar-refractivity contribution in [3.8, 4) is 0 Å². The number of rotatable bonds is 5. The van der Waals surface area contributed by atoms with E-state index in [0.29, 0.717) is 0 Å². The van der Waals surface area contributed by atoms with Crippen LogP contribution >= 0.6 is 11.3 Å². The van der Waals surface area contributed by atoms with Crippen LogP contribution in [0.25, 0.3) is 0 Å². The van der Waals surface area contributed by atoms with Crippen LogP contribution in [-0.4, -0.2) is 28.8 Å². The first-order valence-electron chi connectivity index (χ1n) is 9.43. The van der Waals surface area contributed by atoms with Crippen molar-refractivity contribution in [2.45, 2.75) is 19.4 Å². The largest absolute Gasteiger partial charge is 0.319 e. The second kappa shape index (κ2) is 8.14. The van der Waals surface area contributed by atoms with Gasteiger partial charge in [0.1, 0.15) is 5.69 Å². The molecule has 1 N–H and O–H groups in total. The molecule has 1 aliphatic rings. The number of benzene rings is 2. The topological polar surface area (TPSA) is 75.5 Å². The number of nitro benzene ring substituents is 1. The minimum absolute atomic E-state index is 0.00459. The van der Waals surface area contributed by atoms with Gasteiger partial charge in [-0.3, -0.25) is 19.8 Å². The fourth-order valence-corrected chi connectivity index (χ4v) is 4.74. The maximum Gasteiger partial charge on any atom is 0.293 e. The van der Waals surface area contributed by atoms with Crippen LogP contribution in [0.15, 0.2) is 60.0 Å². The SMILES string of the molecule is Cc1ccc(NC(=O)CN2CCc3sccc3C2c2ccccc2)c([N+](=O)[O-])c1. The van der Waals surface area contributed by atoms with E-state index >= 15 is 0 Å². The number of aryl methyl sites for hydroxylation is 1. The van der Waals surface area contributed by atoms with Gasteiger partial charge in [0.25, 0.3) is 5.69 Å². The van der Waals surface area contributed by atoms with Gasteiger partial charge in [-0.1, -0.05) is 36.4 Å². The summed E-state index contributed by atoms with van der Waals surface area (Å²) in [4.78, 5) is 27.2. The molecule has 1 amide bonds. The molecule has 4 rings (SSSR count). The third-order valence-corrected chi connectivity index (χ3v) is 6.15. The molecule has 6 nitrogen and oxygen atoms in total. The van der Waals surface area contributed by atoms with Crippen LogP contribution in [0.4, 0.5) is 11.4 Å². The first-order chi connectivity index (χ1) is 14.0. The number of carbonyl (C=O) groups excluding carboxylic acids is 1. The Kier molecular flexibility index (Phi) is 5.42. The summed E-state index contributed by atoms with van der Waals surface area (Å²) >= 11 is 1.75. The summed E-state index contributed by atoms with van der Waals surface area (Å²) < 4.78 is 0. The molecule has 1 aromatic heterocycles. The zero-order chi connectivity index (χ0) is 20.4. The van der Waals surface area contributed by atoms with Crippen molar-refractivity contribution in [1.29, 1.82) is 0 Å². The molecule has 0 aliphatic carbocycles. The van der Waals surface area contributed by atoms with Crippen LogP contribution in [0.2, 0.25) is 0 Å². The van der Waals surface area contributed by atoms with Crippen LogP contribution in [-0.2, 0) is 11.2 Å². The minimum Gasteiger partial charge on any atom is -0.319 e. The number of carbonyl (C=O) groups is 1. The third kappa shape index (κ3) is 4.06. The number of nitro groups is 1. The smallest absolute Gasteiger partial charge is 0.293 e. The Morgan fingerprint density at radius 3 is 2.79 bits per heavy atom. The Morgan fingerprint density at radius 1 is 1.24 bits per heavy atom. The van der Waals surface area contributed by atoms with E-state index in [0.717, 1.165) is 24.1 Å². The average molecular weight is 407 g/mol. The number of hydrogen-bond donors (Lipinski definition) is 1. The van der Waals surface area contributed by atoms with Crippen molar-refractivity contribution >= 4 is 28.6 Å². The van der Waals surface area contributed by atoms with E-state index in [1.807, 2.05) is 18.2 Å². The lowest BCUT2D eigenvalue weighted by Crippen LogP contribution is -2.40. The first-order valence-corrected chi connectivity index (χ1v) is 10.3. The second-order valence-corrected chi connectivity index (χ2v) is 8.16. The van der Waals surface area contributed by atoms with E-state index in [-0.39, 0.29) is 29.9 Å². The predicted molar refractivity (Wildman–Crippen MR) is 114 cm³/mol. The van der Waals surface area contributed by atoms with Gasteiger partial charge in [0, 0.05) is 17.5 Å². The lowest BCUT2D eigenvalue weighted by Gasteiger charge is -2.35. The van der Waals surface area contributed by atoms with Crippen LogP contribution in [0.1, 0.15) is 27.6 Å². The lowest BCUT2D eigenvalue weighted by molar-refractivity contribution is -0.384. The lowest BCUT2D eigenvalue weighted by atomic mass is 9.93. The molecule has 0 spiro atoms. The van der Waals surface area contributed by atoms with E-state index in [1.165, 1.54) is 16.5 Å². The number of nitrogens with zero attached hydrogens (tertiary/aromatic N) is 2. The van der Waals surface area contributed by atoms with Gasteiger partial charge in [0.2, 0.25) is 5.91 Å². The fourth-order valence-electron chi connectivity index (χ4n) is 3.84. The highest BCUT2D eigenvalue weighted by molar-refractivity contribution is 7.10. The number of nitrogens with one attached hydrogen (secondary N) is 1. The van der Waals surface area contributed by atoms with Gasteiger partial charge >= 0.3 is 0 Å². The van der Waals surface area contributed by atoms with E-state index < -0.39 is 4.92 Å². The van der Waals surface area contributed by atoms with Gasteiger partial charge in [-0.05, 0) is 47.5 Å². The van der Waals surface area contributed by atoms with Crippen molar-refractivity contribution in [2.75, 3.05) is 18.4 Å². The fraction of sp³-hybridized carbons (Fsp3) is 0.227. The standard InChI is InChI=1S/C22H21N3O3S/c1-15-7-8-18(19(13-15)25(27)28)23-21(26)14-24-11-9-20-17(10-12-29-20)22(24)16-5-3-2-4-6-16/h2-8,10,12-13,22H,9,11,14H2,1H3,(H,23,26). The maximum atomic E-state index is 12.8. The van der Waals surface area contributed by atoms with Crippen LogP contribution in [0.3, 0.4) is 0 Å². The van der Waals surface area contributed by atoms with Gasteiger partial charge in [-0.2, -0.15) is 0 Å². The highest BCUT2D eigenvalue weighted by atomic mass is 32.1. The molecule has 0 saturated heterocycles. The number of thiophene rings is 1. The minimum atomic E-state index is -0.464. The maximum absolute atomic E-state index is 12.8. The number of anilines is 1. The van der Waals surface area contributed by atoms with E-state index in [4.69, 9.17) is 0 Å². The molecule has 0 radical (unpaired) electrons. The zero-order valence-corrected chi connectivity index (χ0v) is 16.8. The molecule has 0 saturated carbocycles. The molecule has 2 aromatic carbocycles. The Balaban J connectivity index is 1.57. The van der Waals surface area contributed by atoms with Crippen LogP contribution < -0.4 is 5.32 Å². The zero-order valence-electron chi connectivity index (χ0n) is 16.0. The summed E-state index contributed by atoms with van der Waals surface area (Å²) in [5.41, 5.74) is 3.30. The monoisotopic (exact) mass is 407 g/mol. The van der Waals surface area contributed by atoms with Crippen molar-refractivity contribution in [1.82, 2.24) is 4.90 Å². The van der Waals surface area contributed by atoms with Crippen molar-refractivity contribution in [2.24, 2.45) is 0 Å². The Bertz CT molecular complexity index is 1050. The second-order valence-electron chi connectivity index (χ2n) is 7.16. The molecule has 29 heavy (non-hydrogen) atoms. The van der Waals surface area contributed by atoms with Gasteiger partial charge in [0.15, 0.2) is 0 Å². The van der Waals surface area contributed by atoms with Gasteiger partial charge in [-0.15, -0.1) is 11.3 Å². The molecule has 7 heteroatoms. The highest BCUT2D eigenvalue weighted by Crippen LogP contribution is 2.37. The Labute approximate surface area is 172 Å². The van der Waals surface area contributed by atoms with Crippen molar-refractivity contribution < 1.29 is 9.72 Å². The molecule has 1 aliphatic heterocycles. The normalized spacial score (nSPS) is 16.2.